The van der Waals surface area contributed by atoms with Crippen molar-refractivity contribution in [2.75, 3.05) is 44.2 Å². The molecule has 0 radical (unpaired) electrons. The number of carbonyl (C=O) groups excluding carboxylic acids is 1. The topological polar surface area (TPSA) is 53.4 Å². The van der Waals surface area contributed by atoms with Crippen molar-refractivity contribution >= 4 is 59.6 Å². The van der Waals surface area contributed by atoms with Crippen LogP contribution in [0.5, 0.6) is 0 Å². The molecule has 6 nitrogen and oxygen atoms in total. The van der Waals surface area contributed by atoms with Crippen molar-refractivity contribution in [3.05, 3.63) is 75.3 Å². The number of nitrogens with zero attached hydrogens (tertiary/aromatic N) is 4. The highest BCUT2D eigenvalue weighted by Gasteiger charge is 2.21. The molecule has 2 heterocycles. The van der Waals surface area contributed by atoms with E-state index in [9.17, 15) is 4.79 Å². The second-order valence-electron chi connectivity index (χ2n) is 8.70. The highest BCUT2D eigenvalue weighted by molar-refractivity contribution is 6.32. The monoisotopic (exact) mass is 571 g/mol. The van der Waals surface area contributed by atoms with Gasteiger partial charge < -0.3 is 10.2 Å². The number of anilines is 1. The summed E-state index contributed by atoms with van der Waals surface area (Å²) in [5.74, 6) is 0.594. The molecule has 196 valence electrons. The lowest BCUT2D eigenvalue weighted by molar-refractivity contribution is 0.0946. The molecule has 1 N–H and O–H groups in total. The second-order valence-corrected chi connectivity index (χ2v) is 9.52. The average Bonchev–Trinajstić information content (AvgIpc) is 3.13. The molecule has 0 spiro atoms. The molecule has 1 aliphatic rings. The maximum atomic E-state index is 12.8. The van der Waals surface area contributed by atoms with E-state index in [1.807, 2.05) is 54.8 Å². The fourth-order valence-electron chi connectivity index (χ4n) is 4.58. The van der Waals surface area contributed by atoms with Gasteiger partial charge in [0.05, 0.1) is 16.4 Å². The third kappa shape index (κ3) is 6.67. The lowest BCUT2D eigenvalue weighted by Crippen LogP contribution is -2.47. The number of halogens is 4. The zero-order valence-corrected chi connectivity index (χ0v) is 23.9. The Morgan fingerprint density at radius 2 is 1.56 bits per heavy atom. The fourth-order valence-corrected chi connectivity index (χ4v) is 4.97. The van der Waals surface area contributed by atoms with Gasteiger partial charge in [0.1, 0.15) is 11.5 Å². The van der Waals surface area contributed by atoms with Crippen molar-refractivity contribution in [1.82, 2.24) is 19.8 Å². The number of aryl methyl sites for hydroxylation is 1. The Labute approximate surface area is 235 Å². The quantitative estimate of drug-likeness (QED) is 0.359. The predicted octanol–water partition coefficient (Wildman–Crippen LogP) is 5.89. The Hall–Kier alpha value is -1.96. The van der Waals surface area contributed by atoms with Crippen LogP contribution in [-0.2, 0) is 0 Å². The Kier molecular flexibility index (Phi) is 11.4. The van der Waals surface area contributed by atoms with E-state index in [-0.39, 0.29) is 30.7 Å². The number of carbonyl (C=O) groups is 1. The number of piperazine rings is 1. The predicted molar refractivity (Wildman–Crippen MR) is 154 cm³/mol. The molecule has 0 bridgehead atoms. The molecule has 1 aliphatic heterocycles. The largest absolute Gasteiger partial charge is 0.369 e. The van der Waals surface area contributed by atoms with Gasteiger partial charge in [-0.15, -0.1) is 24.8 Å². The van der Waals surface area contributed by atoms with Crippen molar-refractivity contribution in [2.45, 2.75) is 27.2 Å². The number of nitrogens with one attached hydrogen (secondary N) is 1. The van der Waals surface area contributed by atoms with Gasteiger partial charge in [0.15, 0.2) is 0 Å². The molecule has 10 heteroatoms. The Morgan fingerprint density at radius 3 is 2.25 bits per heavy atom. The standard InChI is InChI=1S/C26H31Cl2N5O.2ClH/c1-18-21(27)9-6-11-23(18)32-16-14-31(15-17-32)13-7-12-29-26(34)25-19(2)33(20(3)30-25)24-10-5-4-8-22(24)28;;/h4-6,8-11H,7,12-17H2,1-3H3,(H,29,34);2*1H. The Bertz CT molecular complexity index is 1180. The van der Waals surface area contributed by atoms with Gasteiger partial charge in [0, 0.05) is 43.4 Å². The minimum absolute atomic E-state index is 0. The summed E-state index contributed by atoms with van der Waals surface area (Å²) >= 11 is 12.7. The van der Waals surface area contributed by atoms with E-state index in [1.54, 1.807) is 0 Å². The number of rotatable bonds is 7. The summed E-state index contributed by atoms with van der Waals surface area (Å²) in [6, 6.07) is 13.7. The van der Waals surface area contributed by atoms with Gasteiger partial charge in [0.25, 0.3) is 5.91 Å². The third-order valence-electron chi connectivity index (χ3n) is 6.47. The molecular formula is C26H33Cl4N5O. The number of aromatic nitrogens is 2. The molecule has 0 aliphatic carbocycles. The van der Waals surface area contributed by atoms with E-state index in [0.717, 1.165) is 66.9 Å². The van der Waals surface area contributed by atoms with Gasteiger partial charge in [-0.05, 0) is 63.6 Å². The summed E-state index contributed by atoms with van der Waals surface area (Å²) in [5.41, 5.74) is 4.43. The molecular weight excluding hydrogens is 540 g/mol. The van der Waals surface area contributed by atoms with Crippen LogP contribution in [0.25, 0.3) is 5.69 Å². The molecule has 0 atom stereocenters. The van der Waals surface area contributed by atoms with Crippen LogP contribution in [0, 0.1) is 20.8 Å². The van der Waals surface area contributed by atoms with E-state index >= 15 is 0 Å². The second kappa shape index (κ2) is 13.5. The maximum absolute atomic E-state index is 12.8. The number of hydrogen-bond acceptors (Lipinski definition) is 4. The molecule has 1 saturated heterocycles. The molecule has 0 saturated carbocycles. The lowest BCUT2D eigenvalue weighted by Gasteiger charge is -2.37. The smallest absolute Gasteiger partial charge is 0.271 e. The van der Waals surface area contributed by atoms with Crippen LogP contribution in [0.3, 0.4) is 0 Å². The van der Waals surface area contributed by atoms with Gasteiger partial charge in [-0.25, -0.2) is 4.98 Å². The van der Waals surface area contributed by atoms with Crippen molar-refractivity contribution in [3.63, 3.8) is 0 Å². The highest BCUT2D eigenvalue weighted by Crippen LogP contribution is 2.27. The normalized spacial score (nSPS) is 13.6. The van der Waals surface area contributed by atoms with E-state index in [1.165, 1.54) is 5.69 Å². The maximum Gasteiger partial charge on any atom is 0.271 e. The van der Waals surface area contributed by atoms with Crippen molar-refractivity contribution in [2.24, 2.45) is 0 Å². The van der Waals surface area contributed by atoms with Gasteiger partial charge in [-0.2, -0.15) is 0 Å². The highest BCUT2D eigenvalue weighted by atomic mass is 35.5. The van der Waals surface area contributed by atoms with Gasteiger partial charge >= 0.3 is 0 Å². The molecule has 1 fully saturated rings. The van der Waals surface area contributed by atoms with Gasteiger partial charge in [-0.1, -0.05) is 41.4 Å². The summed E-state index contributed by atoms with van der Waals surface area (Å²) in [5, 5.41) is 4.48. The van der Waals surface area contributed by atoms with E-state index in [2.05, 4.69) is 33.1 Å². The Balaban J connectivity index is 0.00000228. The van der Waals surface area contributed by atoms with Crippen LogP contribution in [0.2, 0.25) is 10.0 Å². The molecule has 2 aromatic carbocycles. The van der Waals surface area contributed by atoms with Gasteiger partial charge in [-0.3, -0.25) is 14.3 Å². The lowest BCUT2D eigenvalue weighted by atomic mass is 10.1. The zero-order valence-electron chi connectivity index (χ0n) is 20.8. The minimum atomic E-state index is -0.146. The first-order valence-electron chi connectivity index (χ1n) is 11.7. The molecule has 3 aromatic rings. The van der Waals surface area contributed by atoms with Crippen LogP contribution in [0.15, 0.2) is 42.5 Å². The van der Waals surface area contributed by atoms with Crippen molar-refractivity contribution in [3.8, 4) is 5.69 Å². The van der Waals surface area contributed by atoms with Gasteiger partial charge in [0.2, 0.25) is 0 Å². The third-order valence-corrected chi connectivity index (χ3v) is 7.20. The summed E-state index contributed by atoms with van der Waals surface area (Å²) in [4.78, 5) is 22.2. The van der Waals surface area contributed by atoms with E-state index in [0.29, 0.717) is 17.3 Å². The molecule has 36 heavy (non-hydrogen) atoms. The SMILES string of the molecule is Cc1c(Cl)cccc1N1CCN(CCCNC(=O)c2nc(C)n(-c3ccccc3Cl)c2C)CC1.Cl.Cl. The number of benzene rings is 2. The average molecular weight is 573 g/mol. The first kappa shape index (κ1) is 30.3. The number of amides is 1. The van der Waals surface area contributed by atoms with E-state index < -0.39 is 0 Å². The summed E-state index contributed by atoms with van der Waals surface area (Å²) in [6.07, 6.45) is 0.894. The van der Waals surface area contributed by atoms with Crippen LogP contribution >= 0.6 is 48.0 Å². The van der Waals surface area contributed by atoms with Crippen LogP contribution in [-0.4, -0.2) is 59.6 Å². The van der Waals surface area contributed by atoms with Crippen LogP contribution in [0.4, 0.5) is 5.69 Å². The molecule has 1 aromatic heterocycles. The summed E-state index contributed by atoms with van der Waals surface area (Å²) in [7, 11) is 0. The zero-order chi connectivity index (χ0) is 24.2. The molecule has 4 rings (SSSR count). The summed E-state index contributed by atoms with van der Waals surface area (Å²) < 4.78 is 1.93. The molecule has 0 unspecified atom stereocenters. The summed E-state index contributed by atoms with van der Waals surface area (Å²) in [6.45, 7) is 11.4. The van der Waals surface area contributed by atoms with Crippen LogP contribution < -0.4 is 10.2 Å². The van der Waals surface area contributed by atoms with Crippen molar-refractivity contribution < 1.29 is 4.79 Å². The van der Waals surface area contributed by atoms with E-state index in [4.69, 9.17) is 23.2 Å². The number of para-hydroxylation sites is 1. The first-order valence-corrected chi connectivity index (χ1v) is 12.4. The molecule has 1 amide bonds. The Morgan fingerprint density at radius 1 is 0.917 bits per heavy atom. The number of imidazole rings is 1. The fraction of sp³-hybridized carbons (Fsp3) is 0.385. The first-order chi connectivity index (χ1) is 16.4. The minimum Gasteiger partial charge on any atom is -0.369 e. The van der Waals surface area contributed by atoms with Crippen LogP contribution in [0.1, 0.15) is 34.0 Å². The number of hydrogen-bond donors (Lipinski definition) is 1. The van der Waals surface area contributed by atoms with Crippen molar-refractivity contribution in [1.29, 1.82) is 0 Å².